The van der Waals surface area contributed by atoms with E-state index in [1.807, 2.05) is 58.9 Å². The molecule has 3 heterocycles. The highest BCUT2D eigenvalue weighted by Crippen LogP contribution is 2.32. The second-order valence-electron chi connectivity index (χ2n) is 5.50. The van der Waals surface area contributed by atoms with Gasteiger partial charge in [0.05, 0.1) is 17.6 Å². The number of aromatic nitrogens is 1. The number of nitrogens with one attached hydrogen (secondary N) is 1. The molecule has 1 N–H and O–H groups in total. The first-order chi connectivity index (χ1) is 12.7. The number of rotatable bonds is 4. The van der Waals surface area contributed by atoms with Crippen LogP contribution in [0.1, 0.15) is 11.8 Å². The second kappa shape index (κ2) is 7.27. The predicted molar refractivity (Wildman–Crippen MR) is 105 cm³/mol. The van der Waals surface area contributed by atoms with Crippen LogP contribution in [0, 0.1) is 0 Å². The third-order valence-electron chi connectivity index (χ3n) is 3.73. The van der Waals surface area contributed by atoms with Crippen LogP contribution in [0.3, 0.4) is 0 Å². The highest BCUT2D eigenvalue weighted by atomic mass is 32.1. The van der Waals surface area contributed by atoms with Gasteiger partial charge in [0, 0.05) is 22.4 Å². The highest BCUT2D eigenvalue weighted by Gasteiger charge is 2.17. The van der Waals surface area contributed by atoms with Crippen LogP contribution in [0.4, 0.5) is 5.69 Å². The molecule has 8 heteroatoms. The Morgan fingerprint density at radius 3 is 3.08 bits per heavy atom. The number of ether oxygens (including phenoxy) is 1. The van der Waals surface area contributed by atoms with E-state index in [2.05, 4.69) is 15.4 Å². The molecule has 0 spiro atoms. The molecule has 0 bridgehead atoms. The lowest BCUT2D eigenvalue weighted by molar-refractivity contribution is -0.118. The molecule has 6 nitrogen and oxygen atoms in total. The van der Waals surface area contributed by atoms with Gasteiger partial charge in [-0.25, -0.2) is 4.68 Å². The lowest BCUT2D eigenvalue weighted by Gasteiger charge is -2.18. The van der Waals surface area contributed by atoms with Crippen molar-refractivity contribution in [3.8, 4) is 17.0 Å². The number of thiazole rings is 1. The van der Waals surface area contributed by atoms with Crippen LogP contribution in [0.15, 0.2) is 51.2 Å². The van der Waals surface area contributed by atoms with Gasteiger partial charge >= 0.3 is 0 Å². The molecule has 0 aliphatic carbocycles. The number of thiophene rings is 1. The van der Waals surface area contributed by atoms with Gasteiger partial charge in [0.25, 0.3) is 5.91 Å². The Bertz CT molecular complexity index is 1030. The molecule has 0 saturated carbocycles. The van der Waals surface area contributed by atoms with E-state index < -0.39 is 0 Å². The summed E-state index contributed by atoms with van der Waals surface area (Å²) in [6.07, 6.45) is 1.83. The van der Waals surface area contributed by atoms with Gasteiger partial charge in [-0.2, -0.15) is 5.10 Å². The summed E-state index contributed by atoms with van der Waals surface area (Å²) in [5, 5.41) is 11.5. The largest absolute Gasteiger partial charge is 0.482 e. The Morgan fingerprint density at radius 2 is 2.27 bits per heavy atom. The molecule has 1 amide bonds. The minimum absolute atomic E-state index is 0.0510. The minimum Gasteiger partial charge on any atom is -0.482 e. The van der Waals surface area contributed by atoms with E-state index in [4.69, 9.17) is 4.74 Å². The molecule has 1 aliphatic heterocycles. The second-order valence-corrected chi connectivity index (χ2v) is 7.31. The molecule has 0 atom stereocenters. The minimum atomic E-state index is -0.148. The van der Waals surface area contributed by atoms with Gasteiger partial charge < -0.3 is 10.1 Å². The Hall–Kier alpha value is -2.71. The Labute approximate surface area is 158 Å². The number of fused-ring (bicyclic) bond motifs is 1. The van der Waals surface area contributed by atoms with Crippen molar-refractivity contribution in [3.63, 3.8) is 0 Å². The maximum absolute atomic E-state index is 11.6. The number of benzene rings is 1. The van der Waals surface area contributed by atoms with Gasteiger partial charge in [0.2, 0.25) is 4.80 Å². The predicted octanol–water partition coefficient (Wildman–Crippen LogP) is 3.41. The smallest absolute Gasteiger partial charge is 0.262 e. The number of hydrogen-bond donors (Lipinski definition) is 1. The summed E-state index contributed by atoms with van der Waals surface area (Å²) < 4.78 is 7.27. The summed E-state index contributed by atoms with van der Waals surface area (Å²) in [6, 6.07) is 9.75. The number of hydrogen-bond acceptors (Lipinski definition) is 6. The first-order valence-corrected chi connectivity index (χ1v) is 9.86. The van der Waals surface area contributed by atoms with E-state index in [9.17, 15) is 4.79 Å². The third-order valence-corrected chi connectivity index (χ3v) is 5.39. The first kappa shape index (κ1) is 16.7. The van der Waals surface area contributed by atoms with E-state index >= 15 is 0 Å². The quantitative estimate of drug-likeness (QED) is 0.701. The zero-order chi connectivity index (χ0) is 17.9. The normalized spacial score (nSPS) is 14.3. The van der Waals surface area contributed by atoms with Crippen LogP contribution in [-0.2, 0) is 4.79 Å². The SMILES string of the molecule is CCN=c1scc(-c2ccc3c(c2)NC(=O)CO3)n1/N=C/c1cccs1. The van der Waals surface area contributed by atoms with Crippen molar-refractivity contribution >= 4 is 40.5 Å². The Kier molecular flexibility index (Phi) is 4.68. The van der Waals surface area contributed by atoms with Gasteiger partial charge in [0.15, 0.2) is 6.61 Å². The van der Waals surface area contributed by atoms with Crippen molar-refractivity contribution in [2.24, 2.45) is 10.1 Å². The van der Waals surface area contributed by atoms with Crippen molar-refractivity contribution in [3.05, 3.63) is 50.8 Å². The van der Waals surface area contributed by atoms with Crippen molar-refractivity contribution in [2.45, 2.75) is 6.92 Å². The summed E-state index contributed by atoms with van der Waals surface area (Å²) in [7, 11) is 0. The van der Waals surface area contributed by atoms with E-state index in [1.165, 1.54) is 11.3 Å². The van der Waals surface area contributed by atoms with Gasteiger partial charge in [-0.1, -0.05) is 6.07 Å². The van der Waals surface area contributed by atoms with E-state index in [1.54, 1.807) is 11.3 Å². The Morgan fingerprint density at radius 1 is 1.35 bits per heavy atom. The molecule has 0 saturated heterocycles. The Balaban J connectivity index is 1.78. The molecular formula is C18H16N4O2S2. The highest BCUT2D eigenvalue weighted by molar-refractivity contribution is 7.11. The van der Waals surface area contributed by atoms with Crippen LogP contribution in [-0.4, -0.2) is 29.9 Å². The number of amides is 1. The fourth-order valence-electron chi connectivity index (χ4n) is 2.57. The van der Waals surface area contributed by atoms with Crippen molar-refractivity contribution < 1.29 is 9.53 Å². The van der Waals surface area contributed by atoms with Crippen LogP contribution >= 0.6 is 22.7 Å². The molecule has 1 aliphatic rings. The lowest BCUT2D eigenvalue weighted by atomic mass is 10.1. The molecule has 0 radical (unpaired) electrons. The number of carbonyl (C=O) groups excluding carboxylic acids is 1. The van der Waals surface area contributed by atoms with Crippen LogP contribution in [0.25, 0.3) is 11.3 Å². The molecule has 3 aromatic rings. The van der Waals surface area contributed by atoms with E-state index in [-0.39, 0.29) is 12.5 Å². The summed E-state index contributed by atoms with van der Waals surface area (Å²) in [6.45, 7) is 2.73. The molecular weight excluding hydrogens is 368 g/mol. The molecule has 1 aromatic carbocycles. The first-order valence-electron chi connectivity index (χ1n) is 8.10. The average molecular weight is 384 g/mol. The summed E-state index contributed by atoms with van der Waals surface area (Å²) in [5.74, 6) is 0.529. The third kappa shape index (κ3) is 3.33. The zero-order valence-electron chi connectivity index (χ0n) is 14.0. The fraction of sp³-hybridized carbons (Fsp3) is 0.167. The topological polar surface area (TPSA) is 68.0 Å². The fourth-order valence-corrected chi connectivity index (χ4v) is 4.06. The molecule has 2 aromatic heterocycles. The van der Waals surface area contributed by atoms with Crippen molar-refractivity contribution in [1.82, 2.24) is 4.68 Å². The summed E-state index contributed by atoms with van der Waals surface area (Å²) in [5.41, 5.74) is 2.53. The van der Waals surface area contributed by atoms with Gasteiger partial charge in [-0.3, -0.25) is 9.79 Å². The maximum Gasteiger partial charge on any atom is 0.262 e. The standard InChI is InChI=1S/C18H16N4O2S2/c1-2-19-18-22(20-9-13-4-3-7-25-13)15(11-26-18)12-5-6-16-14(8-12)21-17(23)10-24-16/h3-9,11H,2,10H2,1H3,(H,21,23)/b19-18?,20-9+. The van der Waals surface area contributed by atoms with Crippen LogP contribution in [0.5, 0.6) is 5.75 Å². The molecule has 0 fully saturated rings. The molecule has 132 valence electrons. The zero-order valence-corrected chi connectivity index (χ0v) is 15.6. The monoisotopic (exact) mass is 384 g/mol. The van der Waals surface area contributed by atoms with Gasteiger partial charge in [0.1, 0.15) is 5.75 Å². The van der Waals surface area contributed by atoms with E-state index in [0.29, 0.717) is 18.0 Å². The lowest BCUT2D eigenvalue weighted by Crippen LogP contribution is -2.25. The summed E-state index contributed by atoms with van der Waals surface area (Å²) in [4.78, 5) is 18.0. The van der Waals surface area contributed by atoms with Crippen LogP contribution in [0.2, 0.25) is 0 Å². The number of nitrogens with zero attached hydrogens (tertiary/aromatic N) is 3. The summed E-state index contributed by atoms with van der Waals surface area (Å²) >= 11 is 3.17. The van der Waals surface area contributed by atoms with Crippen molar-refractivity contribution in [1.29, 1.82) is 0 Å². The molecule has 26 heavy (non-hydrogen) atoms. The number of carbonyl (C=O) groups is 1. The number of anilines is 1. The average Bonchev–Trinajstić information content (AvgIpc) is 3.29. The maximum atomic E-state index is 11.6. The van der Waals surface area contributed by atoms with Crippen molar-refractivity contribution in [2.75, 3.05) is 18.5 Å². The molecule has 4 rings (SSSR count). The van der Waals surface area contributed by atoms with Crippen LogP contribution < -0.4 is 14.9 Å². The van der Waals surface area contributed by atoms with Gasteiger partial charge in [-0.15, -0.1) is 22.7 Å². The van der Waals surface area contributed by atoms with E-state index in [0.717, 1.165) is 20.9 Å². The molecule has 0 unspecified atom stereocenters. The van der Waals surface area contributed by atoms with Gasteiger partial charge in [-0.05, 0) is 36.6 Å².